The van der Waals surface area contributed by atoms with E-state index in [0.29, 0.717) is 12.0 Å². The highest BCUT2D eigenvalue weighted by atomic mass is 19.1. The molecule has 1 unspecified atom stereocenters. The Morgan fingerprint density at radius 1 is 1.30 bits per heavy atom. The number of urea groups is 1. The summed E-state index contributed by atoms with van der Waals surface area (Å²) in [5, 5.41) is 14.1. The minimum atomic E-state index is -1.00. The van der Waals surface area contributed by atoms with Crippen LogP contribution < -0.4 is 10.6 Å². The number of carboxylic acids is 1. The lowest BCUT2D eigenvalue weighted by Crippen LogP contribution is -2.44. The molecule has 3 N–H and O–H groups in total. The van der Waals surface area contributed by atoms with Crippen LogP contribution in [0.1, 0.15) is 25.8 Å². The summed E-state index contributed by atoms with van der Waals surface area (Å²) < 4.78 is 13.3. The van der Waals surface area contributed by atoms with Gasteiger partial charge >= 0.3 is 12.0 Å². The normalized spacial score (nSPS) is 13.3. The summed E-state index contributed by atoms with van der Waals surface area (Å²) in [7, 11) is 0. The minimum absolute atomic E-state index is 0.0158. The molecule has 0 radical (unpaired) electrons. The molecular weight excluding hydrogens is 263 g/mol. The number of amides is 2. The molecule has 1 aromatic rings. The summed E-state index contributed by atoms with van der Waals surface area (Å²) in [5.74, 6) is -1.36. The monoisotopic (exact) mass is 282 g/mol. The molecule has 20 heavy (non-hydrogen) atoms. The maximum Gasteiger partial charge on any atom is 0.315 e. The van der Waals surface area contributed by atoms with Gasteiger partial charge in [-0.3, -0.25) is 4.79 Å². The molecule has 0 heterocycles. The number of carboxylic acid groups (broad SMARTS) is 1. The molecule has 1 atom stereocenters. The van der Waals surface area contributed by atoms with Crippen LogP contribution in [0, 0.1) is 11.2 Å². The van der Waals surface area contributed by atoms with Crippen LogP contribution in [-0.4, -0.2) is 23.7 Å². The number of rotatable bonds is 6. The van der Waals surface area contributed by atoms with Crippen LogP contribution in [0.15, 0.2) is 24.3 Å². The maximum atomic E-state index is 13.3. The number of hydrogen-bond donors (Lipinski definition) is 3. The van der Waals surface area contributed by atoms with Gasteiger partial charge in [-0.1, -0.05) is 25.1 Å². The summed E-state index contributed by atoms with van der Waals surface area (Å²) >= 11 is 0. The molecule has 1 rings (SSSR count). The van der Waals surface area contributed by atoms with Gasteiger partial charge in [-0.25, -0.2) is 9.18 Å². The van der Waals surface area contributed by atoms with Crippen molar-refractivity contribution in [3.63, 3.8) is 0 Å². The van der Waals surface area contributed by atoms with Gasteiger partial charge < -0.3 is 15.7 Å². The predicted octanol–water partition coefficient (Wildman–Crippen LogP) is 2.13. The second kappa shape index (κ2) is 6.88. The molecule has 0 aliphatic carbocycles. The van der Waals surface area contributed by atoms with E-state index in [1.54, 1.807) is 32.0 Å². The first kappa shape index (κ1) is 15.9. The van der Waals surface area contributed by atoms with Crippen LogP contribution in [0.5, 0.6) is 0 Å². The van der Waals surface area contributed by atoms with E-state index in [1.165, 1.54) is 6.07 Å². The van der Waals surface area contributed by atoms with Crippen molar-refractivity contribution < 1.29 is 19.1 Å². The van der Waals surface area contributed by atoms with Gasteiger partial charge in [-0.05, 0) is 19.4 Å². The molecule has 0 saturated heterocycles. The molecule has 0 saturated carbocycles. The molecule has 0 spiro atoms. The number of carbonyl (C=O) groups excluding carboxylic acids is 1. The zero-order valence-corrected chi connectivity index (χ0v) is 11.6. The maximum absolute atomic E-state index is 13.3. The van der Waals surface area contributed by atoms with Crippen molar-refractivity contribution in [2.24, 2.45) is 5.41 Å². The van der Waals surface area contributed by atoms with Gasteiger partial charge in [0.05, 0.1) is 5.41 Å². The molecule has 5 nitrogen and oxygen atoms in total. The van der Waals surface area contributed by atoms with Crippen LogP contribution in [0.3, 0.4) is 0 Å². The smallest absolute Gasteiger partial charge is 0.315 e. The van der Waals surface area contributed by atoms with Crippen molar-refractivity contribution in [3.8, 4) is 0 Å². The molecule has 0 aliphatic rings. The summed E-state index contributed by atoms with van der Waals surface area (Å²) in [6, 6.07) is 5.61. The van der Waals surface area contributed by atoms with Crippen LogP contribution in [0.4, 0.5) is 9.18 Å². The fourth-order valence-corrected chi connectivity index (χ4v) is 1.51. The number of nitrogens with one attached hydrogen (secondary N) is 2. The van der Waals surface area contributed by atoms with E-state index in [4.69, 9.17) is 5.11 Å². The van der Waals surface area contributed by atoms with E-state index < -0.39 is 23.2 Å². The first-order valence-corrected chi connectivity index (χ1v) is 6.37. The van der Waals surface area contributed by atoms with Gasteiger partial charge in [-0.2, -0.15) is 0 Å². The Hall–Kier alpha value is -2.11. The van der Waals surface area contributed by atoms with Gasteiger partial charge in [0, 0.05) is 18.7 Å². The van der Waals surface area contributed by atoms with Gasteiger partial charge in [0.15, 0.2) is 0 Å². The number of halogens is 1. The molecule has 2 amide bonds. The third kappa shape index (κ3) is 4.22. The van der Waals surface area contributed by atoms with Crippen molar-refractivity contribution in [1.82, 2.24) is 10.6 Å². The van der Waals surface area contributed by atoms with Gasteiger partial charge in [-0.15, -0.1) is 0 Å². The molecule has 0 aromatic heterocycles. The molecule has 0 bridgehead atoms. The molecule has 6 heteroatoms. The second-order valence-electron chi connectivity index (χ2n) is 4.85. The SMILES string of the molecule is CCC(C)(CNC(=O)NCc1ccccc1F)C(=O)O. The van der Waals surface area contributed by atoms with E-state index in [-0.39, 0.29) is 13.1 Å². The summed E-state index contributed by atoms with van der Waals surface area (Å²) in [4.78, 5) is 22.6. The highest BCUT2D eigenvalue weighted by Crippen LogP contribution is 2.19. The van der Waals surface area contributed by atoms with Crippen molar-refractivity contribution in [2.45, 2.75) is 26.8 Å². The first-order chi connectivity index (χ1) is 9.39. The summed E-state index contributed by atoms with van der Waals surface area (Å²) in [5.41, 5.74) is -0.630. The zero-order chi connectivity index (χ0) is 15.2. The Morgan fingerprint density at radius 3 is 2.50 bits per heavy atom. The Morgan fingerprint density at radius 2 is 1.95 bits per heavy atom. The quantitative estimate of drug-likeness (QED) is 0.748. The summed E-state index contributed by atoms with van der Waals surface area (Å²) in [6.07, 6.45) is 0.399. The Bertz CT molecular complexity index is 493. The Kier molecular flexibility index (Phi) is 5.49. The lowest BCUT2D eigenvalue weighted by Gasteiger charge is -2.23. The minimum Gasteiger partial charge on any atom is -0.481 e. The fraction of sp³-hybridized carbons (Fsp3) is 0.429. The average Bonchev–Trinajstić information content (AvgIpc) is 2.43. The zero-order valence-electron chi connectivity index (χ0n) is 11.6. The van der Waals surface area contributed by atoms with Crippen LogP contribution >= 0.6 is 0 Å². The number of aliphatic carboxylic acids is 1. The molecule has 0 aliphatic heterocycles. The third-order valence-electron chi connectivity index (χ3n) is 3.33. The molecule has 1 aromatic carbocycles. The number of hydrogen-bond acceptors (Lipinski definition) is 2. The van der Waals surface area contributed by atoms with Crippen LogP contribution in [0.25, 0.3) is 0 Å². The van der Waals surface area contributed by atoms with E-state index in [1.807, 2.05) is 0 Å². The van der Waals surface area contributed by atoms with E-state index in [0.717, 1.165) is 0 Å². The third-order valence-corrected chi connectivity index (χ3v) is 3.33. The summed E-state index contributed by atoms with van der Waals surface area (Å²) in [6.45, 7) is 3.37. The van der Waals surface area contributed by atoms with Crippen LogP contribution in [0.2, 0.25) is 0 Å². The average molecular weight is 282 g/mol. The van der Waals surface area contributed by atoms with Gasteiger partial charge in [0.2, 0.25) is 0 Å². The number of benzene rings is 1. The van der Waals surface area contributed by atoms with E-state index in [2.05, 4.69) is 10.6 Å². The highest BCUT2D eigenvalue weighted by Gasteiger charge is 2.31. The Balaban J connectivity index is 2.45. The van der Waals surface area contributed by atoms with Gasteiger partial charge in [0.25, 0.3) is 0 Å². The second-order valence-corrected chi connectivity index (χ2v) is 4.85. The number of carbonyl (C=O) groups is 2. The lowest BCUT2D eigenvalue weighted by atomic mass is 9.88. The molecule has 0 fully saturated rings. The Labute approximate surface area is 117 Å². The first-order valence-electron chi connectivity index (χ1n) is 6.37. The van der Waals surface area contributed by atoms with Crippen molar-refractivity contribution >= 4 is 12.0 Å². The fourth-order valence-electron chi connectivity index (χ4n) is 1.51. The van der Waals surface area contributed by atoms with E-state index in [9.17, 15) is 14.0 Å². The molecular formula is C14H19FN2O3. The highest BCUT2D eigenvalue weighted by molar-refractivity contribution is 5.77. The van der Waals surface area contributed by atoms with E-state index >= 15 is 0 Å². The topological polar surface area (TPSA) is 78.4 Å². The largest absolute Gasteiger partial charge is 0.481 e. The standard InChI is InChI=1S/C14H19FN2O3/c1-3-14(2,12(18)19)9-17-13(20)16-8-10-6-4-5-7-11(10)15/h4-7H,3,8-9H2,1-2H3,(H,18,19)(H2,16,17,20). The molecule has 110 valence electrons. The predicted molar refractivity (Wildman–Crippen MR) is 72.7 cm³/mol. The van der Waals surface area contributed by atoms with Gasteiger partial charge in [0.1, 0.15) is 5.82 Å². The van der Waals surface area contributed by atoms with Crippen LogP contribution in [-0.2, 0) is 11.3 Å². The van der Waals surface area contributed by atoms with Crippen molar-refractivity contribution in [3.05, 3.63) is 35.6 Å². The van der Waals surface area contributed by atoms with Crippen molar-refractivity contribution in [1.29, 1.82) is 0 Å². The van der Waals surface area contributed by atoms with Crippen molar-refractivity contribution in [2.75, 3.05) is 6.54 Å². The lowest BCUT2D eigenvalue weighted by molar-refractivity contribution is -0.147.